The van der Waals surface area contributed by atoms with Crippen LogP contribution in [0.5, 0.6) is 0 Å². The third-order valence-corrected chi connectivity index (χ3v) is 6.13. The Balaban J connectivity index is 1.75. The standard InChI is InChI=1S/C17H22ClFN6S/c1-22-11-3-2-4-12(14(11)18)26-16-15(20)24-13(9-23-16)25-7-5-17(21,10-19)6-8-25/h2-4,9,22H,5-8,10,21H2,1H3,(H2,20,24). The van der Waals surface area contributed by atoms with Gasteiger partial charge in [0.1, 0.15) is 17.5 Å². The van der Waals surface area contributed by atoms with Gasteiger partial charge < -0.3 is 21.7 Å². The summed E-state index contributed by atoms with van der Waals surface area (Å²) in [5, 5.41) is 4.26. The van der Waals surface area contributed by atoms with E-state index in [1.807, 2.05) is 30.1 Å². The summed E-state index contributed by atoms with van der Waals surface area (Å²) in [6.45, 7) is 0.769. The molecule has 6 nitrogen and oxygen atoms in total. The topological polar surface area (TPSA) is 93.1 Å². The van der Waals surface area contributed by atoms with Gasteiger partial charge in [-0.2, -0.15) is 0 Å². The molecule has 0 unspecified atom stereocenters. The lowest BCUT2D eigenvalue weighted by Gasteiger charge is -2.37. The fraction of sp³-hybridized carbons (Fsp3) is 0.412. The fourth-order valence-electron chi connectivity index (χ4n) is 2.82. The summed E-state index contributed by atoms with van der Waals surface area (Å²) < 4.78 is 13.0. The van der Waals surface area contributed by atoms with Crippen LogP contribution in [0.3, 0.4) is 0 Å². The molecule has 1 fully saturated rings. The second-order valence-corrected chi connectivity index (χ2v) is 7.78. The Kier molecular flexibility index (Phi) is 5.74. The van der Waals surface area contributed by atoms with Crippen molar-refractivity contribution in [2.45, 2.75) is 28.3 Å². The van der Waals surface area contributed by atoms with Crippen molar-refractivity contribution in [3.05, 3.63) is 29.4 Å². The number of nitrogens with one attached hydrogen (secondary N) is 1. The Morgan fingerprint density at radius 1 is 1.38 bits per heavy atom. The molecule has 2 aromatic rings. The van der Waals surface area contributed by atoms with Crippen molar-refractivity contribution >= 4 is 40.7 Å². The molecule has 9 heteroatoms. The van der Waals surface area contributed by atoms with Gasteiger partial charge in [-0.1, -0.05) is 29.4 Å². The first kappa shape index (κ1) is 19.0. The number of aromatic nitrogens is 2. The van der Waals surface area contributed by atoms with Crippen molar-refractivity contribution in [2.24, 2.45) is 5.73 Å². The predicted octanol–water partition coefficient (Wildman–Crippen LogP) is 3.17. The highest BCUT2D eigenvalue weighted by molar-refractivity contribution is 7.99. The molecule has 0 amide bonds. The SMILES string of the molecule is CNc1cccc(Sc2ncc(N3CCC(N)(CF)CC3)nc2N)c1Cl. The molecule has 1 saturated heterocycles. The Hall–Kier alpha value is -1.77. The Morgan fingerprint density at radius 2 is 2.12 bits per heavy atom. The van der Waals surface area contributed by atoms with Crippen LogP contribution in [0.15, 0.2) is 34.3 Å². The molecule has 140 valence electrons. The van der Waals surface area contributed by atoms with Crippen LogP contribution in [0.2, 0.25) is 5.02 Å². The van der Waals surface area contributed by atoms with Gasteiger partial charge in [-0.25, -0.2) is 14.4 Å². The van der Waals surface area contributed by atoms with Crippen LogP contribution in [-0.2, 0) is 0 Å². The number of hydrogen-bond acceptors (Lipinski definition) is 7. The van der Waals surface area contributed by atoms with Crippen LogP contribution in [0.4, 0.5) is 21.7 Å². The maximum Gasteiger partial charge on any atom is 0.158 e. The number of halogens is 2. The van der Waals surface area contributed by atoms with Crippen molar-refractivity contribution in [1.82, 2.24) is 9.97 Å². The highest BCUT2D eigenvalue weighted by Crippen LogP contribution is 2.38. The van der Waals surface area contributed by atoms with Gasteiger partial charge in [0.2, 0.25) is 0 Å². The molecule has 1 aliphatic heterocycles. The van der Waals surface area contributed by atoms with E-state index in [1.165, 1.54) is 11.8 Å². The molecule has 0 radical (unpaired) electrons. The summed E-state index contributed by atoms with van der Waals surface area (Å²) >= 11 is 7.75. The Labute approximate surface area is 161 Å². The summed E-state index contributed by atoms with van der Waals surface area (Å²) in [5.41, 5.74) is 12.2. The number of alkyl halides is 1. The van der Waals surface area contributed by atoms with Gasteiger partial charge in [0, 0.05) is 30.6 Å². The molecule has 0 bridgehead atoms. The Morgan fingerprint density at radius 3 is 2.73 bits per heavy atom. The number of benzene rings is 1. The maximum absolute atomic E-state index is 13.0. The van der Waals surface area contributed by atoms with Gasteiger partial charge in [-0.3, -0.25) is 0 Å². The van der Waals surface area contributed by atoms with Crippen LogP contribution in [-0.4, -0.2) is 42.3 Å². The minimum Gasteiger partial charge on any atom is -0.387 e. The third-order valence-electron chi connectivity index (χ3n) is 4.54. The molecule has 0 atom stereocenters. The number of piperidine rings is 1. The highest BCUT2D eigenvalue weighted by Gasteiger charge is 2.31. The smallest absolute Gasteiger partial charge is 0.158 e. The van der Waals surface area contributed by atoms with Gasteiger partial charge >= 0.3 is 0 Å². The number of hydrogen-bond donors (Lipinski definition) is 3. The lowest BCUT2D eigenvalue weighted by molar-refractivity contribution is 0.254. The first-order valence-electron chi connectivity index (χ1n) is 8.32. The molecular formula is C17H22ClFN6S. The molecule has 3 rings (SSSR count). The fourth-order valence-corrected chi connectivity index (χ4v) is 3.96. The zero-order valence-corrected chi connectivity index (χ0v) is 16.1. The number of anilines is 3. The second kappa shape index (κ2) is 7.85. The van der Waals surface area contributed by atoms with Crippen LogP contribution in [0.25, 0.3) is 0 Å². The van der Waals surface area contributed by atoms with E-state index in [1.54, 1.807) is 6.20 Å². The lowest BCUT2D eigenvalue weighted by Crippen LogP contribution is -2.52. The van der Waals surface area contributed by atoms with E-state index in [-0.39, 0.29) is 0 Å². The molecule has 0 saturated carbocycles. The number of nitrogens with two attached hydrogens (primary N) is 2. The van der Waals surface area contributed by atoms with E-state index in [0.29, 0.717) is 47.6 Å². The Bertz CT molecular complexity index is 782. The summed E-state index contributed by atoms with van der Waals surface area (Å²) in [7, 11) is 1.82. The average molecular weight is 397 g/mol. The molecule has 0 spiro atoms. The third kappa shape index (κ3) is 3.97. The van der Waals surface area contributed by atoms with Crippen molar-refractivity contribution in [1.29, 1.82) is 0 Å². The van der Waals surface area contributed by atoms with Crippen molar-refractivity contribution < 1.29 is 4.39 Å². The molecule has 26 heavy (non-hydrogen) atoms. The first-order valence-corrected chi connectivity index (χ1v) is 9.51. The minimum absolute atomic E-state index is 0.341. The summed E-state index contributed by atoms with van der Waals surface area (Å²) in [5.74, 6) is 1.02. The molecule has 1 aliphatic rings. The maximum atomic E-state index is 13.0. The predicted molar refractivity (Wildman–Crippen MR) is 106 cm³/mol. The molecule has 2 heterocycles. The summed E-state index contributed by atoms with van der Waals surface area (Å²) in [4.78, 5) is 11.8. The van der Waals surface area contributed by atoms with E-state index in [9.17, 15) is 4.39 Å². The summed E-state index contributed by atoms with van der Waals surface area (Å²) in [6.07, 6.45) is 2.84. The largest absolute Gasteiger partial charge is 0.387 e. The minimum atomic E-state index is -0.722. The van der Waals surface area contributed by atoms with Gasteiger partial charge in [-0.05, 0) is 25.0 Å². The summed E-state index contributed by atoms with van der Waals surface area (Å²) in [6, 6.07) is 5.72. The van der Waals surface area contributed by atoms with Gasteiger partial charge in [0.15, 0.2) is 5.82 Å². The van der Waals surface area contributed by atoms with E-state index in [0.717, 1.165) is 10.6 Å². The van der Waals surface area contributed by atoms with E-state index >= 15 is 0 Å². The van der Waals surface area contributed by atoms with E-state index in [4.69, 9.17) is 23.1 Å². The molecule has 1 aromatic heterocycles. The number of rotatable bonds is 5. The monoisotopic (exact) mass is 396 g/mol. The van der Waals surface area contributed by atoms with Crippen molar-refractivity contribution in [3.8, 4) is 0 Å². The van der Waals surface area contributed by atoms with Crippen LogP contribution < -0.4 is 21.7 Å². The van der Waals surface area contributed by atoms with Crippen LogP contribution in [0, 0.1) is 0 Å². The first-order chi connectivity index (χ1) is 12.5. The number of nitrogens with zero attached hydrogens (tertiary/aromatic N) is 3. The zero-order chi connectivity index (χ0) is 18.7. The molecule has 0 aliphatic carbocycles. The highest BCUT2D eigenvalue weighted by atomic mass is 35.5. The van der Waals surface area contributed by atoms with Gasteiger partial charge in [0.05, 0.1) is 16.9 Å². The normalized spacial score (nSPS) is 16.5. The average Bonchev–Trinajstić information content (AvgIpc) is 2.65. The quantitative estimate of drug-likeness (QED) is 0.714. The van der Waals surface area contributed by atoms with Gasteiger partial charge in [0.25, 0.3) is 0 Å². The molecule has 5 N–H and O–H groups in total. The van der Waals surface area contributed by atoms with Crippen molar-refractivity contribution in [3.63, 3.8) is 0 Å². The van der Waals surface area contributed by atoms with Gasteiger partial charge in [-0.15, -0.1) is 0 Å². The van der Waals surface area contributed by atoms with Crippen molar-refractivity contribution in [2.75, 3.05) is 42.8 Å². The van der Waals surface area contributed by atoms with Crippen LogP contribution in [0.1, 0.15) is 12.8 Å². The zero-order valence-electron chi connectivity index (χ0n) is 14.5. The number of nitrogen functional groups attached to an aromatic ring is 1. The second-order valence-electron chi connectivity index (χ2n) is 6.37. The van der Waals surface area contributed by atoms with E-state index < -0.39 is 12.2 Å². The molecule has 1 aromatic carbocycles. The van der Waals surface area contributed by atoms with Crippen LogP contribution >= 0.6 is 23.4 Å². The lowest BCUT2D eigenvalue weighted by atomic mass is 9.90. The van der Waals surface area contributed by atoms with E-state index in [2.05, 4.69) is 15.3 Å². The molecular weight excluding hydrogens is 375 g/mol.